The molecule has 2 aliphatic carbocycles. The molecule has 1 saturated carbocycles. The Labute approximate surface area is 111 Å². The third-order valence-electron chi connectivity index (χ3n) is 4.71. The van der Waals surface area contributed by atoms with E-state index in [1.165, 1.54) is 4.68 Å². The van der Waals surface area contributed by atoms with Crippen molar-refractivity contribution in [3.8, 4) is 0 Å². The minimum Gasteiger partial charge on any atom is -0.272 e. The number of para-hydroxylation sites is 1. The van der Waals surface area contributed by atoms with Crippen LogP contribution in [0.1, 0.15) is 24.6 Å². The van der Waals surface area contributed by atoms with Gasteiger partial charge in [-0.05, 0) is 36.8 Å². The Bertz CT molecular complexity index is 702. The van der Waals surface area contributed by atoms with Crippen LogP contribution >= 0.6 is 0 Å². The number of hydrogen-bond donors (Lipinski definition) is 0. The molecule has 0 unspecified atom stereocenters. The molecule has 0 spiro atoms. The number of rotatable bonds is 1. The summed E-state index contributed by atoms with van der Waals surface area (Å²) in [5.41, 5.74) is 1.26. The Kier molecular flexibility index (Phi) is 2.03. The van der Waals surface area contributed by atoms with Crippen LogP contribution in [-0.4, -0.2) is 20.9 Å². The molecular formula is C15H15N3O. The quantitative estimate of drug-likeness (QED) is 0.734. The Morgan fingerprint density at radius 2 is 2.21 bits per heavy atom. The van der Waals surface area contributed by atoms with E-state index < -0.39 is 0 Å². The Morgan fingerprint density at radius 1 is 1.37 bits per heavy atom. The molecular weight excluding hydrogens is 238 g/mol. The smallest absolute Gasteiger partial charge is 0.255 e. The molecule has 0 N–H and O–H groups in total. The van der Waals surface area contributed by atoms with E-state index in [9.17, 15) is 4.79 Å². The van der Waals surface area contributed by atoms with Gasteiger partial charge in [-0.3, -0.25) is 4.79 Å². The molecule has 1 aromatic heterocycles. The molecule has 4 nitrogen and oxygen atoms in total. The van der Waals surface area contributed by atoms with Crippen molar-refractivity contribution in [2.45, 2.75) is 19.8 Å². The van der Waals surface area contributed by atoms with Gasteiger partial charge in [0.15, 0.2) is 0 Å². The lowest BCUT2D eigenvalue weighted by Gasteiger charge is -2.29. The summed E-state index contributed by atoms with van der Waals surface area (Å²) in [6.07, 6.45) is 6.49. The van der Waals surface area contributed by atoms with Gasteiger partial charge in [-0.1, -0.05) is 36.4 Å². The largest absolute Gasteiger partial charge is 0.272 e. The maximum Gasteiger partial charge on any atom is 0.255 e. The zero-order chi connectivity index (χ0) is 13.0. The highest BCUT2D eigenvalue weighted by atomic mass is 16.2. The molecule has 4 heteroatoms. The van der Waals surface area contributed by atoms with Gasteiger partial charge >= 0.3 is 0 Å². The Hall–Kier alpha value is -1.97. The first kappa shape index (κ1) is 10.9. The topological polar surface area (TPSA) is 47.8 Å². The fourth-order valence-electron chi connectivity index (χ4n) is 3.60. The molecule has 2 aromatic rings. The van der Waals surface area contributed by atoms with Gasteiger partial charge < -0.3 is 0 Å². The van der Waals surface area contributed by atoms with Crippen molar-refractivity contribution in [1.82, 2.24) is 15.0 Å². The van der Waals surface area contributed by atoms with Gasteiger partial charge in [0.25, 0.3) is 5.91 Å². The number of nitrogens with zero attached hydrogens (tertiary/aromatic N) is 3. The average molecular weight is 253 g/mol. The monoisotopic (exact) mass is 253 g/mol. The van der Waals surface area contributed by atoms with E-state index in [4.69, 9.17) is 0 Å². The summed E-state index contributed by atoms with van der Waals surface area (Å²) in [7, 11) is 0. The standard InChI is InChI=1S/C15H15N3O/c1-15(9-10-6-7-11(15)8-10)14(19)18-13-5-3-2-4-12(13)16-17-18/h2-7,10-11H,8-9H2,1H3/t10-,11+,15-/m1/s1. The van der Waals surface area contributed by atoms with Gasteiger partial charge in [-0.15, -0.1) is 5.10 Å². The van der Waals surface area contributed by atoms with E-state index in [0.29, 0.717) is 11.8 Å². The van der Waals surface area contributed by atoms with Crippen LogP contribution in [0, 0.1) is 17.3 Å². The van der Waals surface area contributed by atoms with E-state index in [0.717, 1.165) is 23.9 Å². The number of aromatic nitrogens is 3. The Balaban J connectivity index is 1.81. The first-order valence-electron chi connectivity index (χ1n) is 6.72. The predicted molar refractivity (Wildman–Crippen MR) is 71.6 cm³/mol. The molecule has 1 fully saturated rings. The lowest BCUT2D eigenvalue weighted by atomic mass is 9.77. The second kappa shape index (κ2) is 3.53. The fourth-order valence-corrected chi connectivity index (χ4v) is 3.60. The normalized spacial score (nSPS) is 32.3. The minimum atomic E-state index is -0.324. The zero-order valence-corrected chi connectivity index (χ0v) is 10.8. The maximum absolute atomic E-state index is 12.9. The second-order valence-electron chi connectivity index (χ2n) is 5.90. The van der Waals surface area contributed by atoms with Crippen molar-refractivity contribution in [2.75, 3.05) is 0 Å². The summed E-state index contributed by atoms with van der Waals surface area (Å²) in [5.74, 6) is 1.000. The highest BCUT2D eigenvalue weighted by Gasteiger charge is 2.51. The van der Waals surface area contributed by atoms with Crippen molar-refractivity contribution in [1.29, 1.82) is 0 Å². The third-order valence-corrected chi connectivity index (χ3v) is 4.71. The highest BCUT2D eigenvalue weighted by Crippen LogP contribution is 2.52. The Morgan fingerprint density at radius 3 is 2.95 bits per heavy atom. The minimum absolute atomic E-state index is 0.0815. The van der Waals surface area contributed by atoms with E-state index in [2.05, 4.69) is 29.4 Å². The fraction of sp³-hybridized carbons (Fsp3) is 0.400. The second-order valence-corrected chi connectivity index (χ2v) is 5.90. The van der Waals surface area contributed by atoms with Crippen molar-refractivity contribution in [3.05, 3.63) is 36.4 Å². The van der Waals surface area contributed by atoms with Crippen molar-refractivity contribution >= 4 is 16.9 Å². The van der Waals surface area contributed by atoms with Crippen molar-refractivity contribution in [2.24, 2.45) is 17.3 Å². The van der Waals surface area contributed by atoms with Crippen LogP contribution in [0.4, 0.5) is 0 Å². The summed E-state index contributed by atoms with van der Waals surface area (Å²) in [6, 6.07) is 7.61. The predicted octanol–water partition coefficient (Wildman–Crippen LogP) is 2.67. The van der Waals surface area contributed by atoms with E-state index in [1.54, 1.807) is 0 Å². The highest BCUT2D eigenvalue weighted by molar-refractivity contribution is 5.92. The van der Waals surface area contributed by atoms with Gasteiger partial charge in [0.05, 0.1) is 10.9 Å². The van der Waals surface area contributed by atoms with Gasteiger partial charge in [0.2, 0.25) is 0 Å². The average Bonchev–Trinajstić information content (AvgIpc) is 3.11. The number of hydrogen-bond acceptors (Lipinski definition) is 3. The van der Waals surface area contributed by atoms with Gasteiger partial charge in [-0.25, -0.2) is 0 Å². The molecule has 96 valence electrons. The van der Waals surface area contributed by atoms with E-state index in [-0.39, 0.29) is 11.3 Å². The first-order chi connectivity index (χ1) is 9.18. The van der Waals surface area contributed by atoms with Crippen LogP contribution in [0.2, 0.25) is 0 Å². The zero-order valence-electron chi connectivity index (χ0n) is 10.8. The number of carbonyl (C=O) groups excluding carboxylic acids is 1. The molecule has 0 radical (unpaired) electrons. The molecule has 1 aromatic carbocycles. The lowest BCUT2D eigenvalue weighted by molar-refractivity contribution is 0.0664. The summed E-state index contributed by atoms with van der Waals surface area (Å²) in [6.45, 7) is 2.07. The number of allylic oxidation sites excluding steroid dienone is 2. The molecule has 1 heterocycles. The summed E-state index contributed by atoms with van der Waals surface area (Å²) < 4.78 is 1.49. The summed E-state index contributed by atoms with van der Waals surface area (Å²) >= 11 is 0. The van der Waals surface area contributed by atoms with Crippen LogP contribution in [0.3, 0.4) is 0 Å². The van der Waals surface area contributed by atoms with Crippen LogP contribution in [0.15, 0.2) is 36.4 Å². The molecule has 4 rings (SSSR count). The molecule has 3 atom stereocenters. The third kappa shape index (κ3) is 1.37. The molecule has 0 aliphatic heterocycles. The van der Waals surface area contributed by atoms with Gasteiger partial charge in [-0.2, -0.15) is 4.68 Å². The molecule has 19 heavy (non-hydrogen) atoms. The number of carbonyl (C=O) groups is 1. The van der Waals surface area contributed by atoms with E-state index in [1.807, 2.05) is 24.3 Å². The van der Waals surface area contributed by atoms with Crippen molar-refractivity contribution in [3.63, 3.8) is 0 Å². The van der Waals surface area contributed by atoms with Crippen LogP contribution in [-0.2, 0) is 0 Å². The van der Waals surface area contributed by atoms with Gasteiger partial charge in [0.1, 0.15) is 5.52 Å². The molecule has 2 bridgehead atoms. The SMILES string of the molecule is C[C@@]1(C(=O)n2nnc3ccccc32)C[C@@H]2C=C[C@H]1C2. The summed E-state index contributed by atoms with van der Waals surface area (Å²) in [4.78, 5) is 12.9. The number of fused-ring (bicyclic) bond motifs is 3. The van der Waals surface area contributed by atoms with Crippen molar-refractivity contribution < 1.29 is 4.79 Å². The lowest BCUT2D eigenvalue weighted by Crippen LogP contribution is -2.36. The first-order valence-corrected chi connectivity index (χ1v) is 6.72. The number of benzene rings is 1. The molecule has 2 aliphatic rings. The van der Waals surface area contributed by atoms with Crippen LogP contribution < -0.4 is 0 Å². The van der Waals surface area contributed by atoms with Crippen LogP contribution in [0.5, 0.6) is 0 Å². The van der Waals surface area contributed by atoms with Crippen LogP contribution in [0.25, 0.3) is 11.0 Å². The molecule has 0 saturated heterocycles. The maximum atomic E-state index is 12.9. The molecule has 0 amide bonds. The summed E-state index contributed by atoms with van der Waals surface area (Å²) in [5, 5.41) is 8.14. The van der Waals surface area contributed by atoms with Gasteiger partial charge in [0, 0.05) is 0 Å². The van der Waals surface area contributed by atoms with E-state index >= 15 is 0 Å².